The van der Waals surface area contributed by atoms with Crippen LogP contribution in [0.1, 0.15) is 36.2 Å². The number of aryl methyl sites for hydroxylation is 1. The summed E-state index contributed by atoms with van der Waals surface area (Å²) in [5.41, 5.74) is 1.36. The lowest BCUT2D eigenvalue weighted by Crippen LogP contribution is -2.11. The van der Waals surface area contributed by atoms with E-state index in [1.54, 1.807) is 6.07 Å². The van der Waals surface area contributed by atoms with Crippen LogP contribution in [0.5, 0.6) is 0 Å². The molecule has 14 heavy (non-hydrogen) atoms. The number of rotatable bonds is 3. The molecule has 0 saturated heterocycles. The zero-order valence-electron chi connectivity index (χ0n) is 8.80. The van der Waals surface area contributed by atoms with Crippen LogP contribution in [-0.4, -0.2) is 5.78 Å². The molecule has 0 aliphatic rings. The van der Waals surface area contributed by atoms with E-state index in [1.807, 2.05) is 20.8 Å². The molecule has 0 bridgehead atoms. The maximum Gasteiger partial charge on any atom is 0.166 e. The van der Waals surface area contributed by atoms with Crippen LogP contribution in [0.4, 0.5) is 4.39 Å². The monoisotopic (exact) mass is 194 g/mol. The Kier molecular flexibility index (Phi) is 3.39. The molecule has 2 heteroatoms. The highest BCUT2D eigenvalue weighted by Gasteiger charge is 2.15. The Hall–Kier alpha value is -1.18. The lowest BCUT2D eigenvalue weighted by atomic mass is 9.94. The minimum atomic E-state index is -0.345. The van der Waals surface area contributed by atoms with Gasteiger partial charge in [-0.25, -0.2) is 4.39 Å². The fraction of sp³-hybridized carbons (Fsp3) is 0.417. The van der Waals surface area contributed by atoms with Crippen LogP contribution in [0.25, 0.3) is 0 Å². The largest absolute Gasteiger partial charge is 0.294 e. The second-order valence-electron chi connectivity index (χ2n) is 3.63. The topological polar surface area (TPSA) is 17.1 Å². The van der Waals surface area contributed by atoms with E-state index in [0.29, 0.717) is 5.56 Å². The van der Waals surface area contributed by atoms with Crippen molar-refractivity contribution >= 4 is 5.78 Å². The van der Waals surface area contributed by atoms with Crippen LogP contribution in [0, 0.1) is 18.7 Å². The predicted octanol–water partition coefficient (Wildman–Crippen LogP) is 3.36. The molecular weight excluding hydrogens is 179 g/mol. The zero-order chi connectivity index (χ0) is 10.7. The van der Waals surface area contributed by atoms with Crippen molar-refractivity contribution in [1.82, 2.24) is 0 Å². The van der Waals surface area contributed by atoms with E-state index in [0.717, 1.165) is 12.0 Å². The highest BCUT2D eigenvalue weighted by molar-refractivity contribution is 5.98. The molecule has 0 saturated carbocycles. The molecule has 1 nitrogen and oxygen atoms in total. The van der Waals surface area contributed by atoms with Gasteiger partial charge >= 0.3 is 0 Å². The van der Waals surface area contributed by atoms with Crippen molar-refractivity contribution in [2.75, 3.05) is 0 Å². The summed E-state index contributed by atoms with van der Waals surface area (Å²) in [5.74, 6) is -0.345. The molecule has 1 atom stereocenters. The summed E-state index contributed by atoms with van der Waals surface area (Å²) in [6.45, 7) is 5.65. The van der Waals surface area contributed by atoms with Gasteiger partial charge in [0.1, 0.15) is 5.82 Å². The number of hydrogen-bond acceptors (Lipinski definition) is 1. The maximum atomic E-state index is 12.9. The van der Waals surface area contributed by atoms with E-state index in [1.165, 1.54) is 12.1 Å². The first-order valence-corrected chi connectivity index (χ1v) is 4.86. The molecule has 0 spiro atoms. The number of benzene rings is 1. The van der Waals surface area contributed by atoms with Crippen molar-refractivity contribution in [2.45, 2.75) is 27.2 Å². The Labute approximate surface area is 83.9 Å². The van der Waals surface area contributed by atoms with E-state index < -0.39 is 0 Å². The average Bonchev–Trinajstić information content (AvgIpc) is 2.19. The Balaban J connectivity index is 3.06. The van der Waals surface area contributed by atoms with Gasteiger partial charge in [-0.15, -0.1) is 0 Å². The molecule has 1 aromatic rings. The average molecular weight is 194 g/mol. The third-order valence-electron chi connectivity index (χ3n) is 2.53. The summed E-state index contributed by atoms with van der Waals surface area (Å²) in [4.78, 5) is 11.8. The number of halogens is 1. The smallest absolute Gasteiger partial charge is 0.166 e. The van der Waals surface area contributed by atoms with Crippen LogP contribution in [0.3, 0.4) is 0 Å². The van der Waals surface area contributed by atoms with Crippen molar-refractivity contribution in [3.8, 4) is 0 Å². The van der Waals surface area contributed by atoms with Gasteiger partial charge in [0.15, 0.2) is 5.78 Å². The molecule has 1 unspecified atom stereocenters. The Morgan fingerprint density at radius 2 is 2.14 bits per heavy atom. The number of Topliss-reactive ketones (excluding diaryl/α,β-unsaturated/α-hetero) is 1. The predicted molar refractivity (Wildman–Crippen MR) is 54.9 cm³/mol. The maximum absolute atomic E-state index is 12.9. The quantitative estimate of drug-likeness (QED) is 0.674. The molecule has 0 fully saturated rings. The number of hydrogen-bond donors (Lipinski definition) is 0. The molecule has 0 radical (unpaired) electrons. The summed E-state index contributed by atoms with van der Waals surface area (Å²) in [7, 11) is 0. The van der Waals surface area contributed by atoms with Gasteiger partial charge in [0, 0.05) is 11.5 Å². The summed E-state index contributed by atoms with van der Waals surface area (Å²) >= 11 is 0. The Bertz CT molecular complexity index is 344. The van der Waals surface area contributed by atoms with Gasteiger partial charge in [-0.05, 0) is 31.0 Å². The second kappa shape index (κ2) is 4.36. The van der Waals surface area contributed by atoms with Crippen molar-refractivity contribution in [2.24, 2.45) is 5.92 Å². The summed E-state index contributed by atoms with van der Waals surface area (Å²) < 4.78 is 12.9. The fourth-order valence-corrected chi connectivity index (χ4v) is 1.31. The second-order valence-corrected chi connectivity index (χ2v) is 3.63. The third kappa shape index (κ3) is 2.19. The van der Waals surface area contributed by atoms with Gasteiger partial charge in [0.2, 0.25) is 0 Å². The van der Waals surface area contributed by atoms with E-state index in [9.17, 15) is 9.18 Å². The van der Waals surface area contributed by atoms with Gasteiger partial charge in [0.05, 0.1) is 0 Å². The fourth-order valence-electron chi connectivity index (χ4n) is 1.31. The molecule has 76 valence electrons. The van der Waals surface area contributed by atoms with Crippen molar-refractivity contribution < 1.29 is 9.18 Å². The summed E-state index contributed by atoms with van der Waals surface area (Å²) in [5, 5.41) is 0. The minimum Gasteiger partial charge on any atom is -0.294 e. The van der Waals surface area contributed by atoms with Crippen LogP contribution < -0.4 is 0 Å². The number of carbonyl (C=O) groups excluding carboxylic acids is 1. The number of carbonyl (C=O) groups is 1. The van der Waals surface area contributed by atoms with E-state index in [-0.39, 0.29) is 17.5 Å². The highest BCUT2D eigenvalue weighted by Crippen LogP contribution is 2.16. The first-order valence-electron chi connectivity index (χ1n) is 4.86. The minimum absolute atomic E-state index is 0.0319. The van der Waals surface area contributed by atoms with E-state index >= 15 is 0 Å². The molecular formula is C12H15FO. The van der Waals surface area contributed by atoms with E-state index in [4.69, 9.17) is 0 Å². The summed E-state index contributed by atoms with van der Waals surface area (Å²) in [6, 6.07) is 4.34. The Morgan fingerprint density at radius 1 is 1.50 bits per heavy atom. The molecule has 0 amide bonds. The molecule has 1 aromatic carbocycles. The molecule has 1 rings (SSSR count). The molecule has 0 aliphatic carbocycles. The van der Waals surface area contributed by atoms with Crippen LogP contribution in [-0.2, 0) is 0 Å². The highest BCUT2D eigenvalue weighted by atomic mass is 19.1. The third-order valence-corrected chi connectivity index (χ3v) is 2.53. The Morgan fingerprint density at radius 3 is 2.71 bits per heavy atom. The molecule has 0 aliphatic heterocycles. The van der Waals surface area contributed by atoms with Crippen LogP contribution in [0.2, 0.25) is 0 Å². The molecule has 0 heterocycles. The standard InChI is InChI=1S/C12H15FO/c1-4-8(2)12(14)11-7-10(13)6-5-9(11)3/h5-8H,4H2,1-3H3. The van der Waals surface area contributed by atoms with Gasteiger partial charge in [-0.2, -0.15) is 0 Å². The molecule has 0 N–H and O–H groups in total. The zero-order valence-corrected chi connectivity index (χ0v) is 8.80. The lowest BCUT2D eigenvalue weighted by Gasteiger charge is -2.09. The van der Waals surface area contributed by atoms with Gasteiger partial charge in [-0.1, -0.05) is 19.9 Å². The lowest BCUT2D eigenvalue weighted by molar-refractivity contribution is 0.0926. The van der Waals surface area contributed by atoms with Gasteiger partial charge < -0.3 is 0 Å². The van der Waals surface area contributed by atoms with Crippen LogP contribution in [0.15, 0.2) is 18.2 Å². The van der Waals surface area contributed by atoms with Crippen molar-refractivity contribution in [3.63, 3.8) is 0 Å². The SMILES string of the molecule is CCC(C)C(=O)c1cc(F)ccc1C. The number of ketones is 1. The van der Waals surface area contributed by atoms with Crippen LogP contribution >= 0.6 is 0 Å². The summed E-state index contributed by atoms with van der Waals surface area (Å²) in [6.07, 6.45) is 0.786. The first kappa shape index (κ1) is 10.9. The van der Waals surface area contributed by atoms with Gasteiger partial charge in [0.25, 0.3) is 0 Å². The first-order chi connectivity index (χ1) is 6.56. The van der Waals surface area contributed by atoms with Gasteiger partial charge in [-0.3, -0.25) is 4.79 Å². The van der Waals surface area contributed by atoms with Crippen molar-refractivity contribution in [3.05, 3.63) is 35.1 Å². The van der Waals surface area contributed by atoms with Crippen molar-refractivity contribution in [1.29, 1.82) is 0 Å². The molecule has 0 aromatic heterocycles. The normalized spacial score (nSPS) is 12.6. The van der Waals surface area contributed by atoms with E-state index in [2.05, 4.69) is 0 Å².